The smallest absolute Gasteiger partial charge is 0.391 e. The predicted octanol–water partition coefficient (Wildman–Crippen LogP) is 2.72. The predicted molar refractivity (Wildman–Crippen MR) is 70.8 cm³/mol. The summed E-state index contributed by atoms with van der Waals surface area (Å²) >= 11 is 0. The minimum Gasteiger partial charge on any atom is -0.459 e. The van der Waals surface area contributed by atoms with Crippen LogP contribution in [-0.2, 0) is 0 Å². The molecule has 1 aliphatic carbocycles. The Morgan fingerprint density at radius 1 is 1.33 bits per heavy atom. The van der Waals surface area contributed by atoms with Crippen molar-refractivity contribution in [2.75, 3.05) is 13.1 Å². The maximum atomic E-state index is 12.7. The van der Waals surface area contributed by atoms with Gasteiger partial charge in [-0.05, 0) is 31.4 Å². The zero-order valence-electron chi connectivity index (χ0n) is 11.6. The molecule has 1 heterocycles. The Kier molecular flexibility index (Phi) is 5.27. The number of halogens is 3. The van der Waals surface area contributed by atoms with E-state index in [0.29, 0.717) is 19.5 Å². The lowest BCUT2D eigenvalue weighted by molar-refractivity contribution is -0.183. The second kappa shape index (κ2) is 6.98. The van der Waals surface area contributed by atoms with Crippen molar-refractivity contribution in [2.45, 2.75) is 37.9 Å². The van der Waals surface area contributed by atoms with Gasteiger partial charge in [-0.2, -0.15) is 13.2 Å². The maximum Gasteiger partial charge on any atom is 0.391 e. The van der Waals surface area contributed by atoms with E-state index in [2.05, 4.69) is 10.6 Å². The summed E-state index contributed by atoms with van der Waals surface area (Å²) in [5.74, 6) is -1.30. The second-order valence-electron chi connectivity index (χ2n) is 5.29. The third-order valence-electron chi connectivity index (χ3n) is 3.73. The second-order valence-corrected chi connectivity index (χ2v) is 5.29. The van der Waals surface area contributed by atoms with Crippen LogP contribution < -0.4 is 10.6 Å². The molecular formula is C14H19F3N2O2. The van der Waals surface area contributed by atoms with E-state index >= 15 is 0 Å². The van der Waals surface area contributed by atoms with Crippen LogP contribution in [0.1, 0.15) is 36.2 Å². The van der Waals surface area contributed by atoms with Crippen molar-refractivity contribution in [1.82, 2.24) is 10.6 Å². The molecule has 1 aromatic rings. The first kappa shape index (κ1) is 15.9. The van der Waals surface area contributed by atoms with E-state index in [1.807, 2.05) is 0 Å². The number of carbonyl (C=O) groups is 1. The van der Waals surface area contributed by atoms with Gasteiger partial charge >= 0.3 is 6.18 Å². The number of alkyl halides is 3. The molecule has 0 aromatic carbocycles. The zero-order chi connectivity index (χ0) is 15.3. The Morgan fingerprint density at radius 3 is 2.81 bits per heavy atom. The summed E-state index contributed by atoms with van der Waals surface area (Å²) in [5, 5.41) is 5.73. The Morgan fingerprint density at radius 2 is 2.14 bits per heavy atom. The van der Waals surface area contributed by atoms with E-state index < -0.39 is 12.1 Å². The van der Waals surface area contributed by atoms with Crippen LogP contribution in [0.4, 0.5) is 13.2 Å². The van der Waals surface area contributed by atoms with Crippen molar-refractivity contribution < 1.29 is 22.4 Å². The van der Waals surface area contributed by atoms with Gasteiger partial charge in [0.15, 0.2) is 5.76 Å². The molecule has 4 nitrogen and oxygen atoms in total. The first-order chi connectivity index (χ1) is 9.97. The molecule has 2 atom stereocenters. The number of carbonyl (C=O) groups excluding carboxylic acids is 1. The number of hydrogen-bond acceptors (Lipinski definition) is 3. The lowest BCUT2D eigenvalue weighted by atomic mass is 9.85. The third kappa shape index (κ3) is 4.77. The average Bonchev–Trinajstić information content (AvgIpc) is 2.97. The quantitative estimate of drug-likeness (QED) is 0.822. The summed E-state index contributed by atoms with van der Waals surface area (Å²) in [6, 6.07) is 3.04. The topological polar surface area (TPSA) is 54.3 Å². The Hall–Kier alpha value is -1.50. The molecule has 0 saturated heterocycles. The fourth-order valence-electron chi connectivity index (χ4n) is 2.62. The van der Waals surface area contributed by atoms with Crippen LogP contribution in [-0.4, -0.2) is 31.2 Å². The number of furan rings is 1. The average molecular weight is 304 g/mol. The summed E-state index contributed by atoms with van der Waals surface area (Å²) < 4.78 is 42.9. The highest BCUT2D eigenvalue weighted by atomic mass is 19.4. The number of hydrogen-bond donors (Lipinski definition) is 2. The standard InChI is InChI=1S/C14H19F3N2O2/c15-14(16,17)10-3-1-4-11(9-10)18-6-7-19-13(20)12-5-2-8-21-12/h2,5,8,10-11,18H,1,3-4,6-7,9H2,(H,19,20)/t10-,11-/m1/s1. The highest BCUT2D eigenvalue weighted by Crippen LogP contribution is 2.37. The van der Waals surface area contributed by atoms with Gasteiger partial charge in [0.25, 0.3) is 5.91 Å². The molecule has 1 fully saturated rings. The molecule has 7 heteroatoms. The zero-order valence-corrected chi connectivity index (χ0v) is 11.6. The molecule has 1 aliphatic rings. The van der Waals surface area contributed by atoms with Gasteiger partial charge in [-0.15, -0.1) is 0 Å². The molecule has 1 amide bonds. The molecule has 1 saturated carbocycles. The molecule has 21 heavy (non-hydrogen) atoms. The Balaban J connectivity index is 1.65. The molecule has 118 valence electrons. The number of nitrogens with one attached hydrogen (secondary N) is 2. The van der Waals surface area contributed by atoms with Gasteiger partial charge in [0.1, 0.15) is 0 Å². The first-order valence-electron chi connectivity index (χ1n) is 7.08. The molecule has 0 spiro atoms. The van der Waals surface area contributed by atoms with Crippen LogP contribution in [0.15, 0.2) is 22.8 Å². The van der Waals surface area contributed by atoms with Crippen LogP contribution in [0.2, 0.25) is 0 Å². The van der Waals surface area contributed by atoms with Gasteiger partial charge in [0.05, 0.1) is 12.2 Å². The normalized spacial score (nSPS) is 23.0. The van der Waals surface area contributed by atoms with E-state index in [1.165, 1.54) is 6.26 Å². The van der Waals surface area contributed by atoms with Gasteiger partial charge < -0.3 is 15.1 Å². The monoisotopic (exact) mass is 304 g/mol. The van der Waals surface area contributed by atoms with E-state index in [1.54, 1.807) is 12.1 Å². The molecule has 1 aromatic heterocycles. The number of rotatable bonds is 5. The van der Waals surface area contributed by atoms with Crippen LogP contribution in [0.3, 0.4) is 0 Å². The first-order valence-corrected chi connectivity index (χ1v) is 7.08. The molecule has 0 aliphatic heterocycles. The highest BCUT2D eigenvalue weighted by Gasteiger charge is 2.41. The van der Waals surface area contributed by atoms with Crippen molar-refractivity contribution in [3.8, 4) is 0 Å². The van der Waals surface area contributed by atoms with Crippen LogP contribution in [0.5, 0.6) is 0 Å². The van der Waals surface area contributed by atoms with Crippen molar-refractivity contribution in [2.24, 2.45) is 5.92 Å². The molecule has 0 bridgehead atoms. The number of amides is 1. The van der Waals surface area contributed by atoms with Crippen molar-refractivity contribution in [1.29, 1.82) is 0 Å². The van der Waals surface area contributed by atoms with Crippen molar-refractivity contribution in [3.05, 3.63) is 24.2 Å². The molecule has 2 N–H and O–H groups in total. The van der Waals surface area contributed by atoms with Gasteiger partial charge in [-0.25, -0.2) is 0 Å². The van der Waals surface area contributed by atoms with Gasteiger partial charge in [-0.3, -0.25) is 4.79 Å². The van der Waals surface area contributed by atoms with E-state index in [4.69, 9.17) is 4.42 Å². The van der Waals surface area contributed by atoms with Gasteiger partial charge in [0.2, 0.25) is 0 Å². The largest absolute Gasteiger partial charge is 0.459 e. The van der Waals surface area contributed by atoms with Gasteiger partial charge in [-0.1, -0.05) is 6.42 Å². The molecule has 0 radical (unpaired) electrons. The van der Waals surface area contributed by atoms with E-state index in [-0.39, 0.29) is 30.6 Å². The summed E-state index contributed by atoms with van der Waals surface area (Å²) in [4.78, 5) is 11.6. The van der Waals surface area contributed by atoms with Crippen LogP contribution in [0, 0.1) is 5.92 Å². The SMILES string of the molecule is O=C(NCCN[C@@H]1CCC[C@@H](C(F)(F)F)C1)c1ccco1. The molecule has 2 rings (SSSR count). The Labute approximate surface area is 121 Å². The minimum atomic E-state index is -4.10. The summed E-state index contributed by atoms with van der Waals surface area (Å²) in [7, 11) is 0. The van der Waals surface area contributed by atoms with Crippen molar-refractivity contribution >= 4 is 5.91 Å². The lowest BCUT2D eigenvalue weighted by Gasteiger charge is -2.31. The Bertz CT molecular complexity index is 446. The van der Waals surface area contributed by atoms with E-state index in [9.17, 15) is 18.0 Å². The maximum absolute atomic E-state index is 12.7. The third-order valence-corrected chi connectivity index (χ3v) is 3.73. The fraction of sp³-hybridized carbons (Fsp3) is 0.643. The van der Waals surface area contributed by atoms with Crippen LogP contribution in [0.25, 0.3) is 0 Å². The summed E-state index contributed by atoms with van der Waals surface area (Å²) in [6.45, 7) is 0.800. The van der Waals surface area contributed by atoms with Gasteiger partial charge in [0, 0.05) is 19.1 Å². The molecular weight excluding hydrogens is 285 g/mol. The van der Waals surface area contributed by atoms with Crippen LogP contribution >= 0.6 is 0 Å². The summed E-state index contributed by atoms with van der Waals surface area (Å²) in [6.07, 6.45) is -1.02. The minimum absolute atomic E-state index is 0.121. The lowest BCUT2D eigenvalue weighted by Crippen LogP contribution is -2.41. The van der Waals surface area contributed by atoms with Crippen molar-refractivity contribution in [3.63, 3.8) is 0 Å². The highest BCUT2D eigenvalue weighted by molar-refractivity contribution is 5.91. The summed E-state index contributed by atoms with van der Waals surface area (Å²) in [5.41, 5.74) is 0. The fourth-order valence-corrected chi connectivity index (χ4v) is 2.62. The van der Waals surface area contributed by atoms with E-state index in [0.717, 1.165) is 6.42 Å². The molecule has 0 unspecified atom stereocenters.